The van der Waals surface area contributed by atoms with E-state index in [4.69, 9.17) is 11.6 Å². The van der Waals surface area contributed by atoms with Crippen LogP contribution in [0.5, 0.6) is 0 Å². The maximum atomic E-state index is 12.5. The van der Waals surface area contributed by atoms with Crippen molar-refractivity contribution in [1.82, 2.24) is 19.7 Å². The molecule has 2 heterocycles. The zero-order chi connectivity index (χ0) is 19.5. The molecule has 4 rings (SSSR count). The van der Waals surface area contributed by atoms with Crippen molar-refractivity contribution in [1.29, 1.82) is 0 Å². The third-order valence-electron chi connectivity index (χ3n) is 4.10. The fraction of sp³-hybridized carbons (Fsp3) is 0.100. The summed E-state index contributed by atoms with van der Waals surface area (Å²) in [4.78, 5) is 21.3. The lowest BCUT2D eigenvalue weighted by molar-refractivity contribution is -0.115. The Labute approximate surface area is 171 Å². The normalized spacial score (nSPS) is 12.1. The minimum absolute atomic E-state index is 0.116. The highest BCUT2D eigenvalue weighted by atomic mass is 35.5. The van der Waals surface area contributed by atoms with Crippen LogP contribution in [0.4, 0.5) is 5.69 Å². The number of hydrogen-bond donors (Lipinski definition) is 1. The first kappa shape index (κ1) is 18.5. The largest absolute Gasteiger partial charge is 0.325 e. The third kappa shape index (κ3) is 3.85. The van der Waals surface area contributed by atoms with Gasteiger partial charge in [-0.1, -0.05) is 41.6 Å². The van der Waals surface area contributed by atoms with Gasteiger partial charge < -0.3 is 5.32 Å². The number of thioether (sulfide) groups is 1. The molecule has 0 aliphatic carbocycles. The molecule has 0 saturated carbocycles. The highest BCUT2D eigenvalue weighted by Gasteiger charge is 2.19. The van der Waals surface area contributed by atoms with Gasteiger partial charge >= 0.3 is 0 Å². The zero-order valence-electron chi connectivity index (χ0n) is 14.9. The summed E-state index contributed by atoms with van der Waals surface area (Å²) >= 11 is 7.25. The smallest absolute Gasteiger partial charge is 0.237 e. The average Bonchev–Trinajstić information content (AvgIpc) is 3.15. The van der Waals surface area contributed by atoms with Crippen LogP contribution in [-0.4, -0.2) is 30.9 Å². The van der Waals surface area contributed by atoms with Crippen LogP contribution in [0, 0.1) is 0 Å². The van der Waals surface area contributed by atoms with Gasteiger partial charge in [-0.15, -0.1) is 0 Å². The second-order valence-corrected chi connectivity index (χ2v) is 7.83. The molecule has 0 saturated heterocycles. The topological polar surface area (TPSA) is 72.7 Å². The number of nitrogens with one attached hydrogen (secondary N) is 1. The molecule has 0 bridgehead atoms. The van der Waals surface area contributed by atoms with E-state index < -0.39 is 0 Å². The van der Waals surface area contributed by atoms with E-state index in [2.05, 4.69) is 20.4 Å². The van der Waals surface area contributed by atoms with Gasteiger partial charge in [-0.25, -0.2) is 14.6 Å². The first-order valence-corrected chi connectivity index (χ1v) is 9.85. The second-order valence-electron chi connectivity index (χ2n) is 6.06. The van der Waals surface area contributed by atoms with Crippen molar-refractivity contribution in [3.05, 3.63) is 72.1 Å². The van der Waals surface area contributed by atoms with Crippen LogP contribution in [0.3, 0.4) is 0 Å². The number of amides is 1. The lowest BCUT2D eigenvalue weighted by atomic mass is 10.3. The van der Waals surface area contributed by atoms with E-state index in [1.165, 1.54) is 18.1 Å². The van der Waals surface area contributed by atoms with Crippen molar-refractivity contribution in [2.24, 2.45) is 0 Å². The molecule has 6 nitrogen and oxygen atoms in total. The summed E-state index contributed by atoms with van der Waals surface area (Å²) in [6.07, 6.45) is 3.23. The number of nitrogens with zero attached hydrogens (tertiary/aromatic N) is 4. The van der Waals surface area contributed by atoms with Crippen LogP contribution in [0.15, 0.2) is 72.1 Å². The molecule has 0 aliphatic heterocycles. The third-order valence-corrected chi connectivity index (χ3v) is 5.47. The fourth-order valence-corrected chi connectivity index (χ4v) is 3.68. The minimum atomic E-state index is -0.353. The molecule has 8 heteroatoms. The van der Waals surface area contributed by atoms with Crippen molar-refractivity contribution in [2.45, 2.75) is 17.2 Å². The van der Waals surface area contributed by atoms with Crippen LogP contribution < -0.4 is 5.32 Å². The number of benzene rings is 2. The Balaban J connectivity index is 1.55. The minimum Gasteiger partial charge on any atom is -0.325 e. The number of aromatic nitrogens is 4. The first-order valence-electron chi connectivity index (χ1n) is 8.59. The second kappa shape index (κ2) is 8.00. The Morgan fingerprint density at radius 3 is 2.61 bits per heavy atom. The average molecular weight is 410 g/mol. The summed E-state index contributed by atoms with van der Waals surface area (Å²) in [6.45, 7) is 1.84. The highest BCUT2D eigenvalue weighted by molar-refractivity contribution is 8.00. The maximum absolute atomic E-state index is 12.5. The van der Waals surface area contributed by atoms with E-state index in [1.807, 2.05) is 37.3 Å². The lowest BCUT2D eigenvalue weighted by Gasteiger charge is -2.12. The Kier molecular flexibility index (Phi) is 5.27. The molecule has 1 atom stereocenters. The summed E-state index contributed by atoms with van der Waals surface area (Å²) < 4.78 is 1.76. The van der Waals surface area contributed by atoms with E-state index in [1.54, 1.807) is 35.1 Å². The highest BCUT2D eigenvalue weighted by Crippen LogP contribution is 2.29. The van der Waals surface area contributed by atoms with E-state index in [0.717, 1.165) is 11.1 Å². The van der Waals surface area contributed by atoms with Crippen LogP contribution in [0.25, 0.3) is 16.7 Å². The van der Waals surface area contributed by atoms with Crippen molar-refractivity contribution < 1.29 is 4.79 Å². The SMILES string of the molecule is CC(Sc1ncnc2c1cnn2-c1ccccc1)C(=O)Nc1ccc(Cl)cc1. The number of rotatable bonds is 5. The number of para-hydroxylation sites is 1. The van der Waals surface area contributed by atoms with Crippen LogP contribution in [0.1, 0.15) is 6.92 Å². The van der Waals surface area contributed by atoms with Gasteiger partial charge in [-0.05, 0) is 43.3 Å². The number of halogens is 1. The Morgan fingerprint density at radius 2 is 1.86 bits per heavy atom. The molecule has 140 valence electrons. The van der Waals surface area contributed by atoms with Crippen molar-refractivity contribution in [3.63, 3.8) is 0 Å². The van der Waals surface area contributed by atoms with Gasteiger partial charge in [-0.3, -0.25) is 4.79 Å². The van der Waals surface area contributed by atoms with E-state index in [-0.39, 0.29) is 11.2 Å². The molecule has 0 aliphatic rings. The standard InChI is InChI=1S/C20H16ClN5OS/c1-13(19(27)25-15-9-7-14(21)8-10-15)28-20-17-11-24-26(18(17)22-12-23-20)16-5-3-2-4-6-16/h2-13H,1H3,(H,25,27). The quantitative estimate of drug-likeness (QED) is 0.385. The molecule has 28 heavy (non-hydrogen) atoms. The van der Waals surface area contributed by atoms with Gasteiger partial charge in [0.15, 0.2) is 5.65 Å². The van der Waals surface area contributed by atoms with E-state index >= 15 is 0 Å². The molecule has 4 aromatic rings. The van der Waals surface area contributed by atoms with Crippen molar-refractivity contribution in [2.75, 3.05) is 5.32 Å². The maximum Gasteiger partial charge on any atom is 0.237 e. The summed E-state index contributed by atoms with van der Waals surface area (Å²) in [6, 6.07) is 16.8. The first-order chi connectivity index (χ1) is 13.6. The molecular weight excluding hydrogens is 394 g/mol. The summed E-state index contributed by atoms with van der Waals surface area (Å²) in [5.41, 5.74) is 2.32. The molecular formula is C20H16ClN5OS. The summed E-state index contributed by atoms with van der Waals surface area (Å²) in [5, 5.41) is 9.12. The zero-order valence-corrected chi connectivity index (χ0v) is 16.5. The Morgan fingerprint density at radius 1 is 1.11 bits per heavy atom. The number of fused-ring (bicyclic) bond motifs is 1. The predicted octanol–water partition coefficient (Wildman–Crippen LogP) is 4.59. The van der Waals surface area contributed by atoms with E-state index in [9.17, 15) is 4.79 Å². The Bertz CT molecular complexity index is 1110. The Hall–Kier alpha value is -2.90. The molecule has 2 aromatic heterocycles. The van der Waals surface area contributed by atoms with Crippen molar-refractivity contribution >= 4 is 46.0 Å². The predicted molar refractivity (Wildman–Crippen MR) is 112 cm³/mol. The molecule has 0 fully saturated rings. The van der Waals surface area contributed by atoms with Gasteiger partial charge in [0.05, 0.1) is 22.5 Å². The van der Waals surface area contributed by atoms with Crippen molar-refractivity contribution in [3.8, 4) is 5.69 Å². The molecule has 1 unspecified atom stereocenters. The monoisotopic (exact) mass is 409 g/mol. The molecule has 1 amide bonds. The van der Waals surface area contributed by atoms with Crippen LogP contribution in [-0.2, 0) is 4.79 Å². The number of carbonyl (C=O) groups is 1. The number of anilines is 1. The number of carbonyl (C=O) groups excluding carboxylic acids is 1. The fourth-order valence-electron chi connectivity index (χ4n) is 2.67. The van der Waals surface area contributed by atoms with E-state index in [0.29, 0.717) is 21.4 Å². The van der Waals surface area contributed by atoms with Gasteiger partial charge in [0.2, 0.25) is 5.91 Å². The number of hydrogen-bond acceptors (Lipinski definition) is 5. The lowest BCUT2D eigenvalue weighted by Crippen LogP contribution is -2.22. The van der Waals surface area contributed by atoms with Crippen LogP contribution >= 0.6 is 23.4 Å². The molecule has 0 radical (unpaired) electrons. The van der Waals surface area contributed by atoms with Gasteiger partial charge in [0.25, 0.3) is 0 Å². The summed E-state index contributed by atoms with van der Waals surface area (Å²) in [5.74, 6) is -0.116. The molecule has 2 aromatic carbocycles. The van der Waals surface area contributed by atoms with Crippen LogP contribution in [0.2, 0.25) is 5.02 Å². The van der Waals surface area contributed by atoms with Gasteiger partial charge in [0, 0.05) is 10.7 Å². The summed E-state index contributed by atoms with van der Waals surface area (Å²) in [7, 11) is 0. The molecule has 1 N–H and O–H groups in total. The molecule has 0 spiro atoms. The van der Waals surface area contributed by atoms with Gasteiger partial charge in [0.1, 0.15) is 11.4 Å². The van der Waals surface area contributed by atoms with Gasteiger partial charge in [-0.2, -0.15) is 5.10 Å².